The molecule has 1 fully saturated rings. The summed E-state index contributed by atoms with van der Waals surface area (Å²) >= 11 is 0. The second-order valence-corrected chi connectivity index (χ2v) is 5.84. The third-order valence-corrected chi connectivity index (χ3v) is 3.93. The van der Waals surface area contributed by atoms with Gasteiger partial charge in [0.05, 0.1) is 6.10 Å². The minimum atomic E-state index is -0.615. The monoisotopic (exact) mass is 329 g/mol. The van der Waals surface area contributed by atoms with Gasteiger partial charge in [-0.25, -0.2) is 4.79 Å². The van der Waals surface area contributed by atoms with Crippen molar-refractivity contribution in [2.75, 3.05) is 5.32 Å². The minimum Gasteiger partial charge on any atom is -0.490 e. The predicted octanol–water partition coefficient (Wildman–Crippen LogP) is 1.50. The van der Waals surface area contributed by atoms with Gasteiger partial charge in [-0.2, -0.15) is 0 Å². The summed E-state index contributed by atoms with van der Waals surface area (Å²) in [6.45, 7) is -0.177. The molecule has 126 valence electrons. The molecule has 1 aliphatic carbocycles. The molecular weight excluding hydrogens is 310 g/mol. The second kappa shape index (κ2) is 7.16. The smallest absolute Gasteiger partial charge is 0.328 e. The molecule has 1 aromatic heterocycles. The van der Waals surface area contributed by atoms with Crippen LogP contribution >= 0.6 is 0 Å². The van der Waals surface area contributed by atoms with Crippen molar-refractivity contribution in [3.05, 3.63) is 57.4 Å². The van der Waals surface area contributed by atoms with E-state index in [1.165, 1.54) is 25.1 Å². The lowest BCUT2D eigenvalue weighted by molar-refractivity contribution is -0.116. The SMILES string of the molecule is O=C(Cn1ccc(=O)[nH]c1=O)Nc1cccc(OC2CCCC2)c1. The zero-order chi connectivity index (χ0) is 16.9. The Morgan fingerprint density at radius 2 is 2.04 bits per heavy atom. The molecule has 1 aliphatic rings. The molecule has 1 saturated carbocycles. The molecule has 7 heteroatoms. The first-order valence-electron chi connectivity index (χ1n) is 7.96. The Morgan fingerprint density at radius 1 is 1.25 bits per heavy atom. The lowest BCUT2D eigenvalue weighted by atomic mass is 10.2. The van der Waals surface area contributed by atoms with Crippen LogP contribution in [0.1, 0.15) is 25.7 Å². The van der Waals surface area contributed by atoms with E-state index in [1.807, 2.05) is 12.1 Å². The van der Waals surface area contributed by atoms with Crippen molar-refractivity contribution in [1.29, 1.82) is 0 Å². The normalized spacial score (nSPS) is 14.5. The summed E-state index contributed by atoms with van der Waals surface area (Å²) in [5, 5.41) is 2.73. The van der Waals surface area contributed by atoms with Crippen molar-refractivity contribution in [2.45, 2.75) is 38.3 Å². The van der Waals surface area contributed by atoms with E-state index in [0.29, 0.717) is 5.69 Å². The zero-order valence-corrected chi connectivity index (χ0v) is 13.2. The van der Waals surface area contributed by atoms with Gasteiger partial charge in [-0.05, 0) is 37.8 Å². The minimum absolute atomic E-state index is 0.177. The van der Waals surface area contributed by atoms with Crippen molar-refractivity contribution >= 4 is 11.6 Å². The van der Waals surface area contributed by atoms with Crippen molar-refractivity contribution in [3.63, 3.8) is 0 Å². The van der Waals surface area contributed by atoms with Crippen molar-refractivity contribution in [3.8, 4) is 5.75 Å². The van der Waals surface area contributed by atoms with Gasteiger partial charge in [-0.3, -0.25) is 19.1 Å². The number of aromatic amines is 1. The number of hydrogen-bond acceptors (Lipinski definition) is 4. The van der Waals surface area contributed by atoms with Gasteiger partial charge >= 0.3 is 5.69 Å². The van der Waals surface area contributed by atoms with E-state index in [0.717, 1.165) is 23.2 Å². The Bertz CT molecular complexity index is 834. The number of amides is 1. The Labute approximate surface area is 138 Å². The Kier molecular flexibility index (Phi) is 4.79. The van der Waals surface area contributed by atoms with Crippen LogP contribution < -0.4 is 21.3 Å². The van der Waals surface area contributed by atoms with Crippen molar-refractivity contribution < 1.29 is 9.53 Å². The number of nitrogens with one attached hydrogen (secondary N) is 2. The van der Waals surface area contributed by atoms with Gasteiger partial charge < -0.3 is 10.1 Å². The number of aromatic nitrogens is 2. The lowest BCUT2D eigenvalue weighted by Gasteiger charge is -2.14. The van der Waals surface area contributed by atoms with E-state index < -0.39 is 11.2 Å². The van der Waals surface area contributed by atoms with Gasteiger partial charge in [0.1, 0.15) is 12.3 Å². The van der Waals surface area contributed by atoms with Gasteiger partial charge in [0.25, 0.3) is 5.56 Å². The molecule has 24 heavy (non-hydrogen) atoms. The topological polar surface area (TPSA) is 93.2 Å². The Balaban J connectivity index is 1.63. The molecule has 1 heterocycles. The summed E-state index contributed by atoms with van der Waals surface area (Å²) in [6, 6.07) is 8.40. The van der Waals surface area contributed by atoms with Crippen LogP contribution in [0.15, 0.2) is 46.1 Å². The largest absolute Gasteiger partial charge is 0.490 e. The Hall–Kier alpha value is -2.83. The maximum Gasteiger partial charge on any atom is 0.328 e. The Morgan fingerprint density at radius 3 is 2.79 bits per heavy atom. The molecule has 0 bridgehead atoms. The van der Waals surface area contributed by atoms with Gasteiger partial charge in [0.2, 0.25) is 5.91 Å². The quantitative estimate of drug-likeness (QED) is 0.869. The van der Waals surface area contributed by atoms with Crippen LogP contribution in [-0.4, -0.2) is 21.6 Å². The van der Waals surface area contributed by atoms with Crippen LogP contribution in [-0.2, 0) is 11.3 Å². The van der Waals surface area contributed by atoms with Gasteiger partial charge in [-0.15, -0.1) is 0 Å². The van der Waals surface area contributed by atoms with Crippen LogP contribution in [0.25, 0.3) is 0 Å². The van der Waals surface area contributed by atoms with E-state index in [-0.39, 0.29) is 18.6 Å². The zero-order valence-electron chi connectivity index (χ0n) is 13.2. The third-order valence-electron chi connectivity index (χ3n) is 3.93. The molecule has 1 aromatic carbocycles. The molecule has 0 unspecified atom stereocenters. The van der Waals surface area contributed by atoms with Crippen LogP contribution in [0.2, 0.25) is 0 Å². The summed E-state index contributed by atoms with van der Waals surface area (Å²) in [6.07, 6.45) is 6.04. The van der Waals surface area contributed by atoms with Crippen LogP contribution in [0.5, 0.6) is 5.75 Å². The van der Waals surface area contributed by atoms with E-state index in [1.54, 1.807) is 12.1 Å². The molecule has 2 N–H and O–H groups in total. The summed E-state index contributed by atoms with van der Waals surface area (Å²) in [4.78, 5) is 36.8. The average molecular weight is 329 g/mol. The molecule has 0 radical (unpaired) electrons. The number of hydrogen-bond donors (Lipinski definition) is 2. The highest BCUT2D eigenvalue weighted by atomic mass is 16.5. The number of carbonyl (C=O) groups excluding carboxylic acids is 1. The second-order valence-electron chi connectivity index (χ2n) is 5.84. The number of carbonyl (C=O) groups is 1. The molecule has 2 aromatic rings. The van der Waals surface area contributed by atoms with Crippen molar-refractivity contribution in [2.24, 2.45) is 0 Å². The van der Waals surface area contributed by atoms with Crippen LogP contribution in [0, 0.1) is 0 Å². The van der Waals surface area contributed by atoms with Crippen LogP contribution in [0.3, 0.4) is 0 Å². The third kappa shape index (κ3) is 4.13. The molecule has 0 atom stereocenters. The van der Waals surface area contributed by atoms with Gasteiger partial charge in [-0.1, -0.05) is 6.07 Å². The number of anilines is 1. The van der Waals surface area contributed by atoms with E-state index in [9.17, 15) is 14.4 Å². The summed E-state index contributed by atoms with van der Waals surface area (Å²) in [5.74, 6) is 0.364. The molecule has 0 spiro atoms. The molecular formula is C17H19N3O4. The van der Waals surface area contributed by atoms with E-state index in [2.05, 4.69) is 10.3 Å². The standard InChI is InChI=1S/C17H19N3O4/c21-15-8-9-20(17(23)19-15)11-16(22)18-12-4-3-7-14(10-12)24-13-5-1-2-6-13/h3-4,7-10,13H,1-2,5-6,11H2,(H,18,22)(H,19,21,23). The number of H-pyrrole nitrogens is 1. The number of benzene rings is 1. The van der Waals surface area contributed by atoms with E-state index >= 15 is 0 Å². The van der Waals surface area contributed by atoms with Crippen LogP contribution in [0.4, 0.5) is 5.69 Å². The highest BCUT2D eigenvalue weighted by Crippen LogP contribution is 2.25. The number of nitrogens with zero attached hydrogens (tertiary/aromatic N) is 1. The number of ether oxygens (including phenoxy) is 1. The highest BCUT2D eigenvalue weighted by Gasteiger charge is 2.16. The predicted molar refractivity (Wildman–Crippen MR) is 89.3 cm³/mol. The molecule has 0 saturated heterocycles. The highest BCUT2D eigenvalue weighted by molar-refractivity contribution is 5.90. The maximum absolute atomic E-state index is 12.1. The first-order valence-corrected chi connectivity index (χ1v) is 7.96. The van der Waals surface area contributed by atoms with Gasteiger partial charge in [0, 0.05) is 24.0 Å². The summed E-state index contributed by atoms with van der Waals surface area (Å²) < 4.78 is 7.04. The molecule has 0 aliphatic heterocycles. The number of rotatable bonds is 5. The van der Waals surface area contributed by atoms with Crippen molar-refractivity contribution in [1.82, 2.24) is 9.55 Å². The fourth-order valence-corrected chi connectivity index (χ4v) is 2.77. The maximum atomic E-state index is 12.1. The average Bonchev–Trinajstić information content (AvgIpc) is 3.03. The fraction of sp³-hybridized carbons (Fsp3) is 0.353. The summed E-state index contributed by atoms with van der Waals surface area (Å²) in [7, 11) is 0. The molecule has 7 nitrogen and oxygen atoms in total. The first-order chi connectivity index (χ1) is 11.6. The fourth-order valence-electron chi connectivity index (χ4n) is 2.77. The van der Waals surface area contributed by atoms with Gasteiger partial charge in [0.15, 0.2) is 0 Å². The first kappa shape index (κ1) is 16.0. The summed E-state index contributed by atoms with van der Waals surface area (Å²) in [5.41, 5.74) is -0.502. The molecule has 1 amide bonds. The van der Waals surface area contributed by atoms with E-state index in [4.69, 9.17) is 4.74 Å². The lowest BCUT2D eigenvalue weighted by Crippen LogP contribution is -2.32. The molecule has 3 rings (SSSR count).